The molecule has 0 unspecified atom stereocenters. The normalized spacial score (nSPS) is 11.5. The maximum atomic E-state index is 12.4. The van der Waals surface area contributed by atoms with Crippen molar-refractivity contribution < 1.29 is 4.42 Å². The maximum absolute atomic E-state index is 12.4. The van der Waals surface area contributed by atoms with Gasteiger partial charge in [-0.25, -0.2) is 9.78 Å². The molecule has 0 aliphatic heterocycles. The smallest absolute Gasteiger partial charge is 0.336 e. The maximum Gasteiger partial charge on any atom is 0.336 e. The van der Waals surface area contributed by atoms with Gasteiger partial charge in [-0.15, -0.1) is 11.3 Å². The second-order valence-electron chi connectivity index (χ2n) is 5.96. The molecule has 4 rings (SSSR count). The highest BCUT2D eigenvalue weighted by Crippen LogP contribution is 2.27. The van der Waals surface area contributed by atoms with E-state index in [2.05, 4.69) is 11.9 Å². The van der Waals surface area contributed by atoms with Crippen molar-refractivity contribution in [3.63, 3.8) is 0 Å². The van der Waals surface area contributed by atoms with E-state index >= 15 is 0 Å². The first-order chi connectivity index (χ1) is 12.6. The van der Waals surface area contributed by atoms with Gasteiger partial charge in [0.15, 0.2) is 5.16 Å². The van der Waals surface area contributed by atoms with Gasteiger partial charge in [-0.1, -0.05) is 30.8 Å². The van der Waals surface area contributed by atoms with E-state index in [9.17, 15) is 9.59 Å². The molecule has 0 atom stereocenters. The van der Waals surface area contributed by atoms with E-state index in [0.29, 0.717) is 21.9 Å². The lowest BCUT2D eigenvalue weighted by Crippen LogP contribution is -2.19. The van der Waals surface area contributed by atoms with Crippen molar-refractivity contribution in [2.75, 3.05) is 0 Å². The Morgan fingerprint density at radius 2 is 2.04 bits per heavy atom. The average molecular weight is 384 g/mol. The summed E-state index contributed by atoms with van der Waals surface area (Å²) in [6.07, 6.45) is 0.880. The molecule has 3 aromatic heterocycles. The van der Waals surface area contributed by atoms with Crippen LogP contribution >= 0.6 is 23.1 Å². The van der Waals surface area contributed by atoms with Crippen LogP contribution in [0.1, 0.15) is 18.1 Å². The third kappa shape index (κ3) is 2.97. The molecule has 0 N–H and O–H groups in total. The average Bonchev–Trinajstić information content (AvgIpc) is 3.11. The van der Waals surface area contributed by atoms with Gasteiger partial charge < -0.3 is 4.42 Å². The van der Waals surface area contributed by atoms with Gasteiger partial charge in [0.25, 0.3) is 5.56 Å². The molecular formula is C19H16N2O3S2. The highest BCUT2D eigenvalue weighted by atomic mass is 32.2. The van der Waals surface area contributed by atoms with E-state index in [0.717, 1.165) is 27.8 Å². The number of thioether (sulfide) groups is 1. The molecule has 7 heteroatoms. The number of hydrogen-bond acceptors (Lipinski definition) is 6. The zero-order valence-electron chi connectivity index (χ0n) is 14.3. The summed E-state index contributed by atoms with van der Waals surface area (Å²) in [7, 11) is 1.72. The predicted octanol–water partition coefficient (Wildman–Crippen LogP) is 3.96. The predicted molar refractivity (Wildman–Crippen MR) is 106 cm³/mol. The molecular weight excluding hydrogens is 368 g/mol. The molecule has 0 radical (unpaired) electrons. The summed E-state index contributed by atoms with van der Waals surface area (Å²) in [4.78, 5) is 29.7. The van der Waals surface area contributed by atoms with Gasteiger partial charge >= 0.3 is 5.63 Å². The lowest BCUT2D eigenvalue weighted by Gasteiger charge is -2.09. The minimum atomic E-state index is -0.364. The summed E-state index contributed by atoms with van der Waals surface area (Å²) < 4.78 is 6.91. The molecule has 26 heavy (non-hydrogen) atoms. The largest absolute Gasteiger partial charge is 0.423 e. The third-order valence-electron chi connectivity index (χ3n) is 4.32. The van der Waals surface area contributed by atoms with Crippen molar-refractivity contribution >= 4 is 44.3 Å². The summed E-state index contributed by atoms with van der Waals surface area (Å²) in [5.74, 6) is 0.532. The van der Waals surface area contributed by atoms with E-state index in [1.165, 1.54) is 29.2 Å². The van der Waals surface area contributed by atoms with Crippen molar-refractivity contribution in [1.29, 1.82) is 0 Å². The van der Waals surface area contributed by atoms with Gasteiger partial charge in [-0.2, -0.15) is 0 Å². The minimum Gasteiger partial charge on any atom is -0.423 e. The molecule has 1 aromatic carbocycles. The lowest BCUT2D eigenvalue weighted by molar-refractivity contribution is 0.559. The molecule has 0 saturated heterocycles. The molecule has 3 heterocycles. The van der Waals surface area contributed by atoms with Crippen LogP contribution in [0.5, 0.6) is 0 Å². The SMILES string of the molecule is CCc1ccc2c(CSc3nc4sccc4c(=O)n3C)cc(=O)oc2c1. The molecule has 0 saturated carbocycles. The zero-order chi connectivity index (χ0) is 18.3. The fourth-order valence-corrected chi connectivity index (χ4v) is 4.63. The minimum absolute atomic E-state index is 0.0521. The lowest BCUT2D eigenvalue weighted by atomic mass is 10.1. The molecule has 0 spiro atoms. The number of fused-ring (bicyclic) bond motifs is 2. The molecule has 5 nitrogen and oxygen atoms in total. The van der Waals surface area contributed by atoms with Crippen LogP contribution in [0.15, 0.2) is 54.9 Å². The van der Waals surface area contributed by atoms with Crippen molar-refractivity contribution in [3.05, 3.63) is 67.6 Å². The van der Waals surface area contributed by atoms with Crippen LogP contribution in [0.4, 0.5) is 0 Å². The first-order valence-corrected chi connectivity index (χ1v) is 10.1. The highest BCUT2D eigenvalue weighted by molar-refractivity contribution is 7.98. The number of hydrogen-bond donors (Lipinski definition) is 0. The van der Waals surface area contributed by atoms with Crippen molar-refractivity contribution in [2.45, 2.75) is 24.3 Å². The molecule has 0 amide bonds. The summed E-state index contributed by atoms with van der Waals surface area (Å²) >= 11 is 2.90. The molecule has 0 aliphatic carbocycles. The van der Waals surface area contributed by atoms with Crippen LogP contribution in [-0.4, -0.2) is 9.55 Å². The van der Waals surface area contributed by atoms with E-state index in [4.69, 9.17) is 4.42 Å². The van der Waals surface area contributed by atoms with Crippen LogP contribution in [0, 0.1) is 0 Å². The summed E-state index contributed by atoms with van der Waals surface area (Å²) in [6.45, 7) is 2.06. The standard InChI is InChI=1S/C19H16N2O3S2/c1-3-11-4-5-13-12(9-16(22)24-15(13)8-11)10-26-19-20-17-14(6-7-25-17)18(23)21(19)2/h4-9H,3,10H2,1-2H3. The quantitative estimate of drug-likeness (QED) is 0.303. The number of aryl methyl sites for hydroxylation is 1. The Kier molecular flexibility index (Phi) is 4.42. The van der Waals surface area contributed by atoms with Crippen molar-refractivity contribution in [3.8, 4) is 0 Å². The second-order valence-corrected chi connectivity index (χ2v) is 7.80. The van der Waals surface area contributed by atoms with Crippen LogP contribution in [0.25, 0.3) is 21.2 Å². The van der Waals surface area contributed by atoms with Gasteiger partial charge in [0.05, 0.1) is 5.39 Å². The van der Waals surface area contributed by atoms with Gasteiger partial charge in [0.2, 0.25) is 0 Å². The Bertz CT molecular complexity index is 1240. The summed E-state index contributed by atoms with van der Waals surface area (Å²) in [5, 5.41) is 4.06. The molecule has 0 fully saturated rings. The first-order valence-electron chi connectivity index (χ1n) is 8.19. The van der Waals surface area contributed by atoms with E-state index < -0.39 is 0 Å². The summed E-state index contributed by atoms with van der Waals surface area (Å²) in [5.41, 5.74) is 2.19. The number of thiophene rings is 1. The van der Waals surface area contributed by atoms with Crippen LogP contribution < -0.4 is 11.2 Å². The van der Waals surface area contributed by atoms with Crippen LogP contribution in [0.3, 0.4) is 0 Å². The Balaban J connectivity index is 1.73. The zero-order valence-corrected chi connectivity index (χ0v) is 15.9. The Labute approximate surface area is 157 Å². The van der Waals surface area contributed by atoms with Gasteiger partial charge in [-0.3, -0.25) is 9.36 Å². The van der Waals surface area contributed by atoms with Gasteiger partial charge in [0, 0.05) is 24.3 Å². The van der Waals surface area contributed by atoms with Crippen LogP contribution in [-0.2, 0) is 19.2 Å². The van der Waals surface area contributed by atoms with Crippen molar-refractivity contribution in [2.24, 2.45) is 7.05 Å². The Hall–Kier alpha value is -2.38. The second kappa shape index (κ2) is 6.74. The fraction of sp³-hybridized carbons (Fsp3) is 0.211. The van der Waals surface area contributed by atoms with E-state index in [1.54, 1.807) is 17.7 Å². The topological polar surface area (TPSA) is 65.1 Å². The number of benzene rings is 1. The van der Waals surface area contributed by atoms with E-state index in [-0.39, 0.29) is 11.2 Å². The highest BCUT2D eigenvalue weighted by Gasteiger charge is 2.12. The first kappa shape index (κ1) is 17.1. The Morgan fingerprint density at radius 3 is 2.85 bits per heavy atom. The van der Waals surface area contributed by atoms with E-state index in [1.807, 2.05) is 23.6 Å². The van der Waals surface area contributed by atoms with Gasteiger partial charge in [0.1, 0.15) is 10.4 Å². The number of rotatable bonds is 4. The van der Waals surface area contributed by atoms with Gasteiger partial charge in [-0.05, 0) is 35.1 Å². The molecule has 0 aliphatic rings. The number of aromatic nitrogens is 2. The van der Waals surface area contributed by atoms with Crippen LogP contribution in [0.2, 0.25) is 0 Å². The number of nitrogens with zero attached hydrogens (tertiary/aromatic N) is 2. The summed E-state index contributed by atoms with van der Waals surface area (Å²) in [6, 6.07) is 9.26. The third-order valence-corrected chi connectivity index (χ3v) is 6.21. The Morgan fingerprint density at radius 1 is 1.19 bits per heavy atom. The monoisotopic (exact) mass is 384 g/mol. The fourth-order valence-electron chi connectivity index (χ4n) is 2.87. The molecule has 0 bridgehead atoms. The molecule has 132 valence electrons. The van der Waals surface area contributed by atoms with Crippen molar-refractivity contribution in [1.82, 2.24) is 9.55 Å². The molecule has 4 aromatic rings.